The molecule has 2 N–H and O–H groups in total. The SMILES string of the molecule is Cc1nnc(NC(C)(C)CC(=O)O)s1. The van der Waals surface area contributed by atoms with Gasteiger partial charge in [0.15, 0.2) is 0 Å². The Labute approximate surface area is 86.2 Å². The van der Waals surface area contributed by atoms with Crippen LogP contribution in [0.15, 0.2) is 0 Å². The molecule has 6 heteroatoms. The molecule has 0 fully saturated rings. The van der Waals surface area contributed by atoms with Gasteiger partial charge in [0, 0.05) is 5.54 Å². The van der Waals surface area contributed by atoms with Crippen LogP contribution in [-0.4, -0.2) is 26.8 Å². The zero-order chi connectivity index (χ0) is 10.8. The minimum Gasteiger partial charge on any atom is -0.481 e. The third kappa shape index (κ3) is 3.29. The van der Waals surface area contributed by atoms with E-state index < -0.39 is 11.5 Å². The third-order valence-electron chi connectivity index (χ3n) is 1.56. The van der Waals surface area contributed by atoms with Gasteiger partial charge in [-0.2, -0.15) is 0 Å². The Morgan fingerprint density at radius 3 is 2.64 bits per heavy atom. The van der Waals surface area contributed by atoms with Crippen LogP contribution in [-0.2, 0) is 4.79 Å². The Morgan fingerprint density at radius 1 is 1.57 bits per heavy atom. The maximum Gasteiger partial charge on any atom is 0.305 e. The standard InChI is InChI=1S/C8H13N3O2S/c1-5-10-11-7(14-5)9-8(2,3)4-6(12)13/h4H2,1-3H3,(H,9,11)(H,12,13). The zero-order valence-electron chi connectivity index (χ0n) is 8.37. The van der Waals surface area contributed by atoms with Crippen molar-refractivity contribution in [2.45, 2.75) is 32.7 Å². The summed E-state index contributed by atoms with van der Waals surface area (Å²) < 4.78 is 0. The van der Waals surface area contributed by atoms with Crippen LogP contribution in [0.4, 0.5) is 5.13 Å². The Kier molecular flexibility index (Phi) is 3.05. The number of hydrogen-bond donors (Lipinski definition) is 2. The number of nitrogens with one attached hydrogen (secondary N) is 1. The first kappa shape index (κ1) is 10.9. The van der Waals surface area contributed by atoms with E-state index in [1.807, 2.05) is 20.8 Å². The van der Waals surface area contributed by atoms with Crippen LogP contribution in [0.25, 0.3) is 0 Å². The molecule has 0 saturated heterocycles. The smallest absolute Gasteiger partial charge is 0.305 e. The van der Waals surface area contributed by atoms with E-state index in [2.05, 4.69) is 15.5 Å². The summed E-state index contributed by atoms with van der Waals surface area (Å²) in [5.41, 5.74) is -0.502. The molecule has 1 rings (SSSR count). The normalized spacial score (nSPS) is 11.4. The highest BCUT2D eigenvalue weighted by atomic mass is 32.1. The number of hydrogen-bond acceptors (Lipinski definition) is 5. The van der Waals surface area contributed by atoms with Crippen molar-refractivity contribution in [2.24, 2.45) is 0 Å². The monoisotopic (exact) mass is 215 g/mol. The van der Waals surface area contributed by atoms with Crippen molar-refractivity contribution in [3.05, 3.63) is 5.01 Å². The number of rotatable bonds is 4. The van der Waals surface area contributed by atoms with Gasteiger partial charge >= 0.3 is 5.97 Å². The van der Waals surface area contributed by atoms with Crippen molar-refractivity contribution >= 4 is 22.4 Å². The average molecular weight is 215 g/mol. The van der Waals surface area contributed by atoms with Crippen molar-refractivity contribution in [1.29, 1.82) is 0 Å². The first-order chi connectivity index (χ1) is 6.39. The quantitative estimate of drug-likeness (QED) is 0.796. The average Bonchev–Trinajstić information content (AvgIpc) is 2.30. The Morgan fingerprint density at radius 2 is 2.21 bits per heavy atom. The van der Waals surface area contributed by atoms with Crippen LogP contribution in [0.5, 0.6) is 0 Å². The molecule has 0 aliphatic rings. The van der Waals surface area contributed by atoms with Crippen LogP contribution in [0.3, 0.4) is 0 Å². The molecule has 14 heavy (non-hydrogen) atoms. The molecule has 0 unspecified atom stereocenters. The number of carboxylic acid groups (broad SMARTS) is 1. The van der Waals surface area contributed by atoms with Crippen LogP contribution in [0, 0.1) is 6.92 Å². The van der Waals surface area contributed by atoms with E-state index in [0.717, 1.165) is 5.01 Å². The molecule has 1 aromatic rings. The lowest BCUT2D eigenvalue weighted by Crippen LogP contribution is -2.33. The summed E-state index contributed by atoms with van der Waals surface area (Å²) in [6, 6.07) is 0. The van der Waals surface area contributed by atoms with E-state index in [9.17, 15) is 4.79 Å². The maximum absolute atomic E-state index is 10.5. The van der Waals surface area contributed by atoms with Gasteiger partial charge in [0.25, 0.3) is 0 Å². The van der Waals surface area contributed by atoms with Crippen LogP contribution in [0.2, 0.25) is 0 Å². The van der Waals surface area contributed by atoms with Crippen LogP contribution in [0.1, 0.15) is 25.3 Å². The van der Waals surface area contributed by atoms with E-state index in [1.165, 1.54) is 11.3 Å². The summed E-state index contributed by atoms with van der Waals surface area (Å²) in [5.74, 6) is -0.830. The highest BCUT2D eigenvalue weighted by Crippen LogP contribution is 2.21. The summed E-state index contributed by atoms with van der Waals surface area (Å²) >= 11 is 1.42. The van der Waals surface area contributed by atoms with Gasteiger partial charge in [-0.25, -0.2) is 0 Å². The molecule has 1 aromatic heterocycles. The van der Waals surface area contributed by atoms with Gasteiger partial charge in [0.1, 0.15) is 5.01 Å². The Balaban J connectivity index is 2.63. The van der Waals surface area contributed by atoms with E-state index in [0.29, 0.717) is 5.13 Å². The summed E-state index contributed by atoms with van der Waals surface area (Å²) in [6.45, 7) is 5.49. The topological polar surface area (TPSA) is 75.1 Å². The van der Waals surface area contributed by atoms with Gasteiger partial charge in [-0.15, -0.1) is 10.2 Å². The number of carboxylic acids is 1. The van der Waals surface area contributed by atoms with Gasteiger partial charge in [-0.05, 0) is 20.8 Å². The molecule has 0 amide bonds. The molecular formula is C8H13N3O2S. The Bertz CT molecular complexity index is 335. The molecule has 0 aliphatic heterocycles. The fourth-order valence-corrected chi connectivity index (χ4v) is 1.83. The van der Waals surface area contributed by atoms with E-state index in [4.69, 9.17) is 5.11 Å². The predicted octanol–water partition coefficient (Wildman–Crippen LogP) is 1.51. The number of aryl methyl sites for hydroxylation is 1. The van der Waals surface area contributed by atoms with Crippen molar-refractivity contribution in [1.82, 2.24) is 10.2 Å². The lowest BCUT2D eigenvalue weighted by Gasteiger charge is -2.23. The second kappa shape index (κ2) is 3.91. The fourth-order valence-electron chi connectivity index (χ4n) is 1.06. The van der Waals surface area contributed by atoms with Gasteiger partial charge < -0.3 is 10.4 Å². The predicted molar refractivity (Wildman–Crippen MR) is 54.6 cm³/mol. The molecule has 0 atom stereocenters. The molecule has 78 valence electrons. The lowest BCUT2D eigenvalue weighted by molar-refractivity contribution is -0.137. The largest absolute Gasteiger partial charge is 0.481 e. The van der Waals surface area contributed by atoms with Gasteiger partial charge in [0.2, 0.25) is 5.13 Å². The van der Waals surface area contributed by atoms with Crippen molar-refractivity contribution < 1.29 is 9.90 Å². The number of anilines is 1. The Hall–Kier alpha value is -1.17. The molecule has 1 heterocycles. The summed E-state index contributed by atoms with van der Waals surface area (Å²) in [7, 11) is 0. The van der Waals surface area contributed by atoms with Crippen LogP contribution < -0.4 is 5.32 Å². The minimum atomic E-state index is -0.830. The van der Waals surface area contributed by atoms with Crippen molar-refractivity contribution in [3.63, 3.8) is 0 Å². The molecular weight excluding hydrogens is 202 g/mol. The highest BCUT2D eigenvalue weighted by Gasteiger charge is 2.22. The summed E-state index contributed by atoms with van der Waals surface area (Å²) in [4.78, 5) is 10.5. The number of carbonyl (C=O) groups is 1. The van der Waals surface area contributed by atoms with E-state index in [-0.39, 0.29) is 6.42 Å². The van der Waals surface area contributed by atoms with Gasteiger partial charge in [-0.1, -0.05) is 11.3 Å². The second-order valence-electron chi connectivity index (χ2n) is 3.71. The van der Waals surface area contributed by atoms with Gasteiger partial charge in [-0.3, -0.25) is 4.79 Å². The number of aromatic nitrogens is 2. The zero-order valence-corrected chi connectivity index (χ0v) is 9.18. The first-order valence-corrected chi connectivity index (χ1v) is 5.01. The first-order valence-electron chi connectivity index (χ1n) is 4.19. The summed E-state index contributed by atoms with van der Waals surface area (Å²) in [6.07, 6.45) is 0.0472. The van der Waals surface area contributed by atoms with Crippen molar-refractivity contribution in [2.75, 3.05) is 5.32 Å². The fraction of sp³-hybridized carbons (Fsp3) is 0.625. The lowest BCUT2D eigenvalue weighted by atomic mass is 10.0. The molecule has 0 saturated carbocycles. The molecule has 0 bridgehead atoms. The third-order valence-corrected chi connectivity index (χ3v) is 2.32. The molecule has 5 nitrogen and oxygen atoms in total. The van der Waals surface area contributed by atoms with E-state index >= 15 is 0 Å². The number of aliphatic carboxylic acids is 1. The summed E-state index contributed by atoms with van der Waals surface area (Å²) in [5, 5.41) is 20.9. The van der Waals surface area contributed by atoms with Crippen molar-refractivity contribution in [3.8, 4) is 0 Å². The number of nitrogens with zero attached hydrogens (tertiary/aromatic N) is 2. The second-order valence-corrected chi connectivity index (χ2v) is 4.89. The molecule has 0 aromatic carbocycles. The molecule has 0 radical (unpaired) electrons. The molecule has 0 spiro atoms. The molecule has 0 aliphatic carbocycles. The highest BCUT2D eigenvalue weighted by molar-refractivity contribution is 7.15. The maximum atomic E-state index is 10.5. The van der Waals surface area contributed by atoms with Gasteiger partial charge in [0.05, 0.1) is 6.42 Å². The van der Waals surface area contributed by atoms with E-state index in [1.54, 1.807) is 0 Å². The minimum absolute atomic E-state index is 0.0472. The van der Waals surface area contributed by atoms with Crippen LogP contribution >= 0.6 is 11.3 Å².